The maximum absolute atomic E-state index is 12.6. The third-order valence-corrected chi connectivity index (χ3v) is 4.34. The second-order valence-electron chi connectivity index (χ2n) is 6.49. The normalized spacial score (nSPS) is 18.0. The zero-order chi connectivity index (χ0) is 19.2. The molecule has 1 aromatic carbocycles. The molecule has 0 aliphatic carbocycles. The lowest BCUT2D eigenvalue weighted by Gasteiger charge is -2.34. The molecule has 1 fully saturated rings. The highest BCUT2D eigenvalue weighted by molar-refractivity contribution is 14.0. The van der Waals surface area contributed by atoms with Crippen LogP contribution in [0.1, 0.15) is 37.3 Å². The summed E-state index contributed by atoms with van der Waals surface area (Å²) in [6, 6.07) is 5.03. The molecular weight excluding hydrogens is 472 g/mol. The van der Waals surface area contributed by atoms with E-state index in [-0.39, 0.29) is 42.3 Å². The molecule has 1 saturated heterocycles. The van der Waals surface area contributed by atoms with E-state index in [2.05, 4.69) is 15.2 Å². The first-order chi connectivity index (χ1) is 12.3. The highest BCUT2D eigenvalue weighted by atomic mass is 127. The van der Waals surface area contributed by atoms with Gasteiger partial charge in [0.2, 0.25) is 5.91 Å². The van der Waals surface area contributed by atoms with Gasteiger partial charge in [-0.3, -0.25) is 4.79 Å². The Morgan fingerprint density at radius 1 is 1.33 bits per heavy atom. The molecule has 0 aromatic heterocycles. The predicted molar refractivity (Wildman–Crippen MR) is 110 cm³/mol. The number of hydrogen-bond acceptors (Lipinski definition) is 2. The number of rotatable bonds is 5. The summed E-state index contributed by atoms with van der Waals surface area (Å²) in [6.45, 7) is 4.45. The van der Waals surface area contributed by atoms with Crippen molar-refractivity contribution >= 4 is 35.8 Å². The fraction of sp³-hybridized carbons (Fsp3) is 0.556. The van der Waals surface area contributed by atoms with Crippen LogP contribution in [0.3, 0.4) is 0 Å². The smallest absolute Gasteiger partial charge is 0.370 e. The summed E-state index contributed by atoms with van der Waals surface area (Å²) in [5.74, 6) is 0.612. The van der Waals surface area contributed by atoms with Gasteiger partial charge in [0, 0.05) is 26.1 Å². The molecule has 1 aromatic rings. The first-order valence-corrected chi connectivity index (χ1v) is 8.77. The van der Waals surface area contributed by atoms with E-state index >= 15 is 0 Å². The molecule has 1 aliphatic heterocycles. The zero-order valence-electron chi connectivity index (χ0n) is 15.3. The predicted octanol–water partition coefficient (Wildman–Crippen LogP) is 3.38. The van der Waals surface area contributed by atoms with E-state index in [0.29, 0.717) is 31.0 Å². The zero-order valence-corrected chi connectivity index (χ0v) is 17.6. The molecule has 3 N–H and O–H groups in total. The third-order valence-electron chi connectivity index (χ3n) is 4.34. The Hall–Kier alpha value is -1.52. The van der Waals surface area contributed by atoms with Crippen LogP contribution >= 0.6 is 24.0 Å². The number of nitrogens with two attached hydrogens (primary N) is 1. The van der Waals surface area contributed by atoms with Gasteiger partial charge in [0.05, 0.1) is 12.1 Å². The average Bonchev–Trinajstić information content (AvgIpc) is 2.58. The standard InChI is InChI=1S/C18H25F3N4O.HI/c1-2-23-17(25-9-3-4-14(12-25)10-16(22)26)24-11-13-5-7-15(8-6-13)18(19,20)21;/h5-8,14H,2-4,9-12H2,1H3,(H2,22,26)(H,23,24);1H. The fourth-order valence-corrected chi connectivity index (χ4v) is 3.10. The van der Waals surface area contributed by atoms with Crippen LogP contribution in [0.25, 0.3) is 0 Å². The largest absolute Gasteiger partial charge is 0.416 e. The number of guanidine groups is 1. The maximum atomic E-state index is 12.6. The number of primary amides is 1. The summed E-state index contributed by atoms with van der Waals surface area (Å²) in [5.41, 5.74) is 5.34. The van der Waals surface area contributed by atoms with E-state index in [9.17, 15) is 18.0 Å². The first-order valence-electron chi connectivity index (χ1n) is 8.77. The average molecular weight is 498 g/mol. The second-order valence-corrected chi connectivity index (χ2v) is 6.49. The van der Waals surface area contributed by atoms with Crippen molar-refractivity contribution in [2.75, 3.05) is 19.6 Å². The topological polar surface area (TPSA) is 70.7 Å². The number of carbonyl (C=O) groups excluding carboxylic acids is 1. The number of amides is 1. The van der Waals surface area contributed by atoms with E-state index < -0.39 is 11.7 Å². The number of nitrogens with one attached hydrogen (secondary N) is 1. The Kier molecular flexibility index (Phi) is 9.34. The molecule has 9 heteroatoms. The Morgan fingerprint density at radius 3 is 2.56 bits per heavy atom. The Labute approximate surface area is 174 Å². The molecular formula is C18H26F3IN4O. The summed E-state index contributed by atoms with van der Waals surface area (Å²) in [7, 11) is 0. The lowest BCUT2D eigenvalue weighted by Crippen LogP contribution is -2.47. The second kappa shape index (κ2) is 10.7. The molecule has 27 heavy (non-hydrogen) atoms. The first kappa shape index (κ1) is 23.5. The molecule has 1 unspecified atom stereocenters. The molecule has 0 spiro atoms. The van der Waals surface area contributed by atoms with Crippen LogP contribution < -0.4 is 11.1 Å². The van der Waals surface area contributed by atoms with Gasteiger partial charge in [-0.1, -0.05) is 12.1 Å². The van der Waals surface area contributed by atoms with Crippen molar-refractivity contribution in [1.29, 1.82) is 0 Å². The molecule has 1 atom stereocenters. The van der Waals surface area contributed by atoms with Gasteiger partial charge in [0.15, 0.2) is 5.96 Å². The lowest BCUT2D eigenvalue weighted by molar-refractivity contribution is -0.137. The van der Waals surface area contributed by atoms with Gasteiger partial charge in [-0.15, -0.1) is 24.0 Å². The molecule has 1 aliphatic rings. The van der Waals surface area contributed by atoms with Crippen LogP contribution in [0.4, 0.5) is 13.2 Å². The maximum Gasteiger partial charge on any atom is 0.416 e. The summed E-state index contributed by atoms with van der Waals surface area (Å²) >= 11 is 0. The van der Waals surface area contributed by atoms with Gasteiger partial charge in [0.25, 0.3) is 0 Å². The Balaban J connectivity index is 0.00000364. The van der Waals surface area contributed by atoms with E-state index in [0.717, 1.165) is 31.5 Å². The molecule has 2 rings (SSSR count). The molecule has 1 amide bonds. The summed E-state index contributed by atoms with van der Waals surface area (Å²) in [5, 5.41) is 3.21. The summed E-state index contributed by atoms with van der Waals surface area (Å²) in [6.07, 6.45) is -2.07. The minimum atomic E-state index is -4.33. The van der Waals surface area contributed by atoms with Crippen LogP contribution in [0, 0.1) is 5.92 Å². The summed E-state index contributed by atoms with van der Waals surface area (Å²) < 4.78 is 37.9. The Bertz CT molecular complexity index is 634. The van der Waals surface area contributed by atoms with Gasteiger partial charge >= 0.3 is 6.18 Å². The van der Waals surface area contributed by atoms with Gasteiger partial charge < -0.3 is 16.0 Å². The van der Waals surface area contributed by atoms with Gasteiger partial charge in [0.1, 0.15) is 0 Å². The van der Waals surface area contributed by atoms with Gasteiger partial charge in [-0.25, -0.2) is 4.99 Å². The molecule has 152 valence electrons. The van der Waals surface area contributed by atoms with Crippen molar-refractivity contribution in [1.82, 2.24) is 10.2 Å². The van der Waals surface area contributed by atoms with E-state index in [1.54, 1.807) is 0 Å². The fourth-order valence-electron chi connectivity index (χ4n) is 3.10. The van der Waals surface area contributed by atoms with Crippen molar-refractivity contribution in [2.24, 2.45) is 16.6 Å². The number of hydrogen-bond donors (Lipinski definition) is 2. The molecule has 0 saturated carbocycles. The number of likely N-dealkylation sites (tertiary alicyclic amines) is 1. The number of alkyl halides is 3. The SMILES string of the molecule is CCNC(=NCc1ccc(C(F)(F)F)cc1)N1CCCC(CC(N)=O)C1.I. The number of carbonyl (C=O) groups is 1. The number of benzene rings is 1. The number of nitrogens with zero attached hydrogens (tertiary/aromatic N) is 2. The molecule has 0 radical (unpaired) electrons. The van der Waals surface area contributed by atoms with E-state index in [1.807, 2.05) is 6.92 Å². The van der Waals surface area contributed by atoms with Crippen LogP contribution in [0.5, 0.6) is 0 Å². The van der Waals surface area contributed by atoms with Crippen LogP contribution in [-0.2, 0) is 17.5 Å². The highest BCUT2D eigenvalue weighted by Crippen LogP contribution is 2.29. The van der Waals surface area contributed by atoms with Crippen molar-refractivity contribution in [2.45, 2.75) is 38.9 Å². The number of piperidine rings is 1. The quantitative estimate of drug-likeness (QED) is 0.372. The molecule has 5 nitrogen and oxygen atoms in total. The lowest BCUT2D eigenvalue weighted by atomic mass is 9.95. The molecule has 1 heterocycles. The van der Waals surface area contributed by atoms with Crippen molar-refractivity contribution in [3.05, 3.63) is 35.4 Å². The third kappa shape index (κ3) is 7.55. The van der Waals surface area contributed by atoms with Crippen molar-refractivity contribution < 1.29 is 18.0 Å². The summed E-state index contributed by atoms with van der Waals surface area (Å²) in [4.78, 5) is 17.8. The minimum Gasteiger partial charge on any atom is -0.370 e. The highest BCUT2D eigenvalue weighted by Gasteiger charge is 2.30. The van der Waals surface area contributed by atoms with E-state index in [1.165, 1.54) is 12.1 Å². The van der Waals surface area contributed by atoms with Gasteiger partial charge in [-0.2, -0.15) is 13.2 Å². The van der Waals surface area contributed by atoms with E-state index in [4.69, 9.17) is 5.73 Å². The monoisotopic (exact) mass is 498 g/mol. The minimum absolute atomic E-state index is 0. The number of halogens is 4. The molecule has 0 bridgehead atoms. The number of aliphatic imine (C=N–C) groups is 1. The van der Waals surface area contributed by atoms with Gasteiger partial charge in [-0.05, 0) is 43.4 Å². The van der Waals surface area contributed by atoms with Crippen LogP contribution in [0.15, 0.2) is 29.3 Å². The van der Waals surface area contributed by atoms with Crippen LogP contribution in [0.2, 0.25) is 0 Å². The Morgan fingerprint density at radius 2 is 2.00 bits per heavy atom. The van der Waals surface area contributed by atoms with Crippen LogP contribution in [-0.4, -0.2) is 36.4 Å². The van der Waals surface area contributed by atoms with Crippen molar-refractivity contribution in [3.63, 3.8) is 0 Å². The van der Waals surface area contributed by atoms with Crippen molar-refractivity contribution in [3.8, 4) is 0 Å².